The Bertz CT molecular complexity index is 2110. The molecular formula is C50H73BCl2N6NaO15. The van der Waals surface area contributed by atoms with E-state index in [-0.39, 0.29) is 65.7 Å². The molecule has 0 aromatic heterocycles. The van der Waals surface area contributed by atoms with Gasteiger partial charge in [0.25, 0.3) is 0 Å². The molecule has 4 heterocycles. The number of morpholine rings is 2. The first-order valence-electron chi connectivity index (χ1n) is 24.1. The number of amides is 4. The summed E-state index contributed by atoms with van der Waals surface area (Å²) in [7, 11) is 4.32. The van der Waals surface area contributed by atoms with E-state index in [1.807, 2.05) is 90.1 Å². The monoisotopic (exact) mass is 1100 g/mol. The second-order valence-electron chi connectivity index (χ2n) is 19.5. The van der Waals surface area contributed by atoms with Crippen LogP contribution < -0.4 is 46.3 Å². The maximum absolute atomic E-state index is 12.4. The Morgan fingerprint density at radius 1 is 0.667 bits per heavy atom. The van der Waals surface area contributed by atoms with Gasteiger partial charge in [-0.3, -0.25) is 24.1 Å². The van der Waals surface area contributed by atoms with Crippen molar-refractivity contribution in [3.05, 3.63) is 69.7 Å². The molecule has 25 heteroatoms. The predicted octanol–water partition coefficient (Wildman–Crippen LogP) is 1.81. The van der Waals surface area contributed by atoms with E-state index < -0.39 is 53.1 Å². The summed E-state index contributed by atoms with van der Waals surface area (Å²) >= 11 is 11.8. The zero-order valence-corrected chi connectivity index (χ0v) is 48.4. The number of halogens is 2. The largest absolute Gasteiger partial charge is 1.00 e. The molecule has 6 rings (SSSR count). The van der Waals surface area contributed by atoms with Gasteiger partial charge in [-0.05, 0) is 103 Å². The fraction of sp³-hybridized carbons (Fsp3) is 0.600. The van der Waals surface area contributed by atoms with Crippen LogP contribution in [0, 0.1) is 0 Å². The van der Waals surface area contributed by atoms with Crippen molar-refractivity contribution in [1.29, 1.82) is 0 Å². The summed E-state index contributed by atoms with van der Waals surface area (Å²) in [5.74, 6) is -2.37. The minimum atomic E-state index is -0.639. The van der Waals surface area contributed by atoms with Gasteiger partial charge in [-0.15, -0.1) is 0 Å². The zero-order valence-electron chi connectivity index (χ0n) is 44.9. The van der Waals surface area contributed by atoms with E-state index in [2.05, 4.69) is 32.7 Å². The number of piperidine rings is 2. The Hall–Kier alpha value is -4.52. The van der Waals surface area contributed by atoms with Crippen LogP contribution in [0.25, 0.3) is 0 Å². The number of carbonyl (C=O) groups excluding carboxylic acids is 8. The SMILES string of the molecule is CC(=O)OOC(C)=O.CC(C)(C)OC(=O)N1CCC(=O)CC1.CC(C)(C)OC(=O)N1CCC(N2C[C@@H](C(N)=O)OCC2Cc2ccc(Cl)cc2)CC1.NC(=O)[C@@H]1CNC(Cc2ccc(Cl)cc2)CO1.[B-]OC(C)=O.[Na+]. The fourth-order valence-electron chi connectivity index (χ4n) is 7.34. The summed E-state index contributed by atoms with van der Waals surface area (Å²) in [4.78, 5) is 100.0. The molecule has 0 spiro atoms. The quantitative estimate of drug-likeness (QED) is 0.203. The van der Waals surface area contributed by atoms with E-state index in [9.17, 15) is 38.4 Å². The molecule has 0 saturated carbocycles. The van der Waals surface area contributed by atoms with Gasteiger partial charge in [0.15, 0.2) is 0 Å². The molecule has 0 bridgehead atoms. The summed E-state index contributed by atoms with van der Waals surface area (Å²) < 4.78 is 25.4. The van der Waals surface area contributed by atoms with Crippen LogP contribution in [0.4, 0.5) is 9.59 Å². The molecule has 5 N–H and O–H groups in total. The first kappa shape index (κ1) is 68.5. The molecule has 0 aliphatic carbocycles. The number of ether oxygens (including phenoxy) is 4. The first-order valence-corrected chi connectivity index (χ1v) is 24.8. The van der Waals surface area contributed by atoms with Crippen LogP contribution in [-0.4, -0.2) is 164 Å². The average molecular weight is 1100 g/mol. The minimum absolute atomic E-state index is 0. The molecule has 2 unspecified atom stereocenters. The van der Waals surface area contributed by atoms with Crippen molar-refractivity contribution < 1.29 is 101 Å². The van der Waals surface area contributed by atoms with E-state index >= 15 is 0 Å². The Morgan fingerprint density at radius 2 is 1.08 bits per heavy atom. The molecule has 75 heavy (non-hydrogen) atoms. The van der Waals surface area contributed by atoms with Gasteiger partial charge in [0.05, 0.1) is 13.2 Å². The summed E-state index contributed by atoms with van der Waals surface area (Å²) in [6.45, 7) is 18.8. The summed E-state index contributed by atoms with van der Waals surface area (Å²) in [5, 5.41) is 4.69. The normalized spacial score (nSPS) is 19.8. The predicted molar refractivity (Wildman–Crippen MR) is 274 cm³/mol. The molecule has 4 amide bonds. The number of likely N-dealkylation sites (tertiary alicyclic amines) is 2. The number of hydrogen-bond acceptors (Lipinski definition) is 17. The van der Waals surface area contributed by atoms with Gasteiger partial charge in [0.2, 0.25) is 17.8 Å². The van der Waals surface area contributed by atoms with Crippen molar-refractivity contribution in [1.82, 2.24) is 20.0 Å². The molecule has 4 saturated heterocycles. The van der Waals surface area contributed by atoms with Gasteiger partial charge in [0.1, 0.15) is 29.2 Å². The number of nitrogens with two attached hydrogens (primary N) is 2. The molecule has 4 atom stereocenters. The molecule has 4 fully saturated rings. The Morgan fingerprint density at radius 3 is 1.45 bits per heavy atom. The van der Waals surface area contributed by atoms with E-state index in [4.69, 9.17) is 53.6 Å². The van der Waals surface area contributed by atoms with E-state index in [0.29, 0.717) is 70.3 Å². The van der Waals surface area contributed by atoms with Crippen LogP contribution in [0.2, 0.25) is 10.0 Å². The van der Waals surface area contributed by atoms with Gasteiger partial charge in [0, 0.05) is 101 Å². The molecule has 3 radical (unpaired) electrons. The molecule has 21 nitrogen and oxygen atoms in total. The maximum Gasteiger partial charge on any atom is 1.00 e. The topological polar surface area (TPSA) is 275 Å². The second kappa shape index (κ2) is 34.3. The van der Waals surface area contributed by atoms with E-state index in [1.165, 1.54) is 18.1 Å². The smallest absolute Gasteiger partial charge is 0.793 e. The third kappa shape index (κ3) is 29.5. The molecule has 4 aliphatic heterocycles. The number of rotatable bonds is 7. The van der Waals surface area contributed by atoms with Crippen LogP contribution >= 0.6 is 23.2 Å². The molecular weight excluding hydrogens is 1030 g/mol. The molecule has 4 aliphatic rings. The van der Waals surface area contributed by atoms with Gasteiger partial charge < -0.3 is 58.2 Å². The van der Waals surface area contributed by atoms with Crippen LogP contribution in [0.15, 0.2) is 48.5 Å². The van der Waals surface area contributed by atoms with Crippen molar-refractivity contribution in [2.45, 2.75) is 142 Å². The Kier molecular flexibility index (Phi) is 31.3. The third-order valence-corrected chi connectivity index (χ3v) is 11.3. The van der Waals surface area contributed by atoms with Crippen LogP contribution in [0.3, 0.4) is 0 Å². The molecule has 411 valence electrons. The number of benzene rings is 2. The number of nitrogens with zero attached hydrogens (tertiary/aromatic N) is 3. The summed E-state index contributed by atoms with van der Waals surface area (Å²) in [6, 6.07) is 16.1. The number of ketones is 1. The Labute approximate surface area is 473 Å². The number of primary amides is 2. The molecule has 2 aromatic carbocycles. The van der Waals surface area contributed by atoms with Crippen molar-refractivity contribution >= 4 is 78.9 Å². The fourth-order valence-corrected chi connectivity index (χ4v) is 7.59. The minimum Gasteiger partial charge on any atom is -0.793 e. The number of Topliss-reactive ketones (excluding diaryl/α,β-unsaturated/α-hetero) is 1. The van der Waals surface area contributed by atoms with Gasteiger partial charge in [-0.25, -0.2) is 29.0 Å². The Balaban J connectivity index is 0.000000530. The third-order valence-electron chi connectivity index (χ3n) is 10.8. The van der Waals surface area contributed by atoms with E-state index in [1.54, 1.807) is 9.80 Å². The van der Waals surface area contributed by atoms with Crippen molar-refractivity contribution in [3.63, 3.8) is 0 Å². The standard InChI is InChI=1S/C22H32ClN3O4.C12H15ClN2O2.C10H17NO3.C4H6O4.C2H3BO2.Na/c1-22(2,3)30-21(28)25-10-8-17(9-11-25)26-13-19(20(24)27)29-14-18(26)12-15-4-6-16(23)7-5-15;13-9-3-1-8(2-4-9)5-10-7-17-11(6-15-10)12(14)16;1-10(2,3)14-9(13)11-6-4-8(12)5-7-11;1-3(5)7-8-4(2)6;1-2(4)5-3;/h4-7,17-19H,8-14H2,1-3H3,(H2,24,27);1-4,10-11,15H,5-7H2,(H2,14,16);4-7H2,1-3H3;1-2H3;1H3;/q;;;;-1;+1/t18?,19-;10?,11-;;;;/m00..../s1. The summed E-state index contributed by atoms with van der Waals surface area (Å²) in [5.41, 5.74) is 12.1. The van der Waals surface area contributed by atoms with Crippen LogP contribution in [0.1, 0.15) is 99.1 Å². The first-order chi connectivity index (χ1) is 34.5. The van der Waals surface area contributed by atoms with Gasteiger partial charge in [-0.1, -0.05) is 47.5 Å². The second-order valence-corrected chi connectivity index (χ2v) is 20.4. The zero-order chi connectivity index (χ0) is 55.8. The van der Waals surface area contributed by atoms with Gasteiger partial charge in [-0.2, -0.15) is 0 Å². The van der Waals surface area contributed by atoms with Crippen molar-refractivity contribution in [2.75, 3.05) is 52.5 Å². The number of carbonyl (C=O) groups is 8. The number of nitrogens with one attached hydrogen (secondary N) is 1. The molecule has 2 aromatic rings. The van der Waals surface area contributed by atoms with Crippen molar-refractivity contribution in [3.8, 4) is 0 Å². The van der Waals surface area contributed by atoms with E-state index in [0.717, 1.165) is 44.6 Å². The number of hydrogen-bond donors (Lipinski definition) is 3. The average Bonchev–Trinajstić information content (AvgIpc) is 3.32. The van der Waals surface area contributed by atoms with Crippen LogP contribution in [-0.2, 0) is 75.0 Å². The maximum atomic E-state index is 12.4. The van der Waals surface area contributed by atoms with Crippen LogP contribution in [0.5, 0.6) is 0 Å². The van der Waals surface area contributed by atoms with Crippen molar-refractivity contribution in [2.24, 2.45) is 11.5 Å². The van der Waals surface area contributed by atoms with Gasteiger partial charge >= 0.3 is 53.7 Å². The summed E-state index contributed by atoms with van der Waals surface area (Å²) in [6.07, 6.45) is 2.52.